The normalized spacial score (nSPS) is 12.4. The molecule has 0 aliphatic rings. The van der Waals surface area contributed by atoms with Gasteiger partial charge in [0.15, 0.2) is 5.16 Å². The van der Waals surface area contributed by atoms with Crippen LogP contribution in [0.25, 0.3) is 0 Å². The van der Waals surface area contributed by atoms with E-state index in [0.29, 0.717) is 5.16 Å². The fourth-order valence-corrected chi connectivity index (χ4v) is 2.11. The Balaban J connectivity index is 2.47. The molecule has 5 heteroatoms. The van der Waals surface area contributed by atoms with Gasteiger partial charge in [-0.1, -0.05) is 30.3 Å². The van der Waals surface area contributed by atoms with E-state index in [4.69, 9.17) is 5.11 Å². The van der Waals surface area contributed by atoms with Gasteiger partial charge in [0, 0.05) is 0 Å². The van der Waals surface area contributed by atoms with Gasteiger partial charge < -0.3 is 9.67 Å². The minimum atomic E-state index is -0.999. The van der Waals surface area contributed by atoms with Crippen LogP contribution in [0.3, 0.4) is 0 Å². The van der Waals surface area contributed by atoms with Crippen LogP contribution in [0.2, 0.25) is 0 Å². The van der Waals surface area contributed by atoms with Crippen molar-refractivity contribution in [1.82, 2.24) is 9.55 Å². The van der Waals surface area contributed by atoms with Crippen LogP contribution in [0.4, 0.5) is 0 Å². The summed E-state index contributed by atoms with van der Waals surface area (Å²) in [5, 5.41) is 9.48. The topological polar surface area (TPSA) is 55.1 Å². The molecule has 0 unspecified atom stereocenters. The summed E-state index contributed by atoms with van der Waals surface area (Å²) < 4.78 is 1.60. The van der Waals surface area contributed by atoms with Crippen LogP contribution in [-0.2, 0) is 0 Å². The van der Waals surface area contributed by atoms with Crippen molar-refractivity contribution in [2.75, 3.05) is 0 Å². The van der Waals surface area contributed by atoms with Gasteiger partial charge in [0.25, 0.3) is 0 Å². The predicted molar refractivity (Wildman–Crippen MR) is 66.7 cm³/mol. The predicted octanol–water partition coefficient (Wildman–Crippen LogP) is 2.48. The number of carbonyl (C=O) groups is 1. The molecule has 1 aromatic heterocycles. The Morgan fingerprint density at radius 3 is 2.65 bits per heavy atom. The molecule has 1 aromatic carbocycles. The number of hydrogen-bond donors (Lipinski definition) is 2. The molecule has 0 aliphatic heterocycles. The first-order valence-corrected chi connectivity index (χ1v) is 5.60. The summed E-state index contributed by atoms with van der Waals surface area (Å²) in [4.78, 5) is 15.0. The molecule has 2 rings (SSSR count). The lowest BCUT2D eigenvalue weighted by atomic mass is 10.1. The second kappa shape index (κ2) is 4.63. The van der Waals surface area contributed by atoms with E-state index in [1.165, 1.54) is 6.20 Å². The second-order valence-corrected chi connectivity index (χ2v) is 4.11. The summed E-state index contributed by atoms with van der Waals surface area (Å²) in [6.45, 7) is 1.92. The molecule has 0 radical (unpaired) electrons. The molecule has 0 fully saturated rings. The number of benzene rings is 1. The number of carboxylic acid groups (broad SMARTS) is 1. The van der Waals surface area contributed by atoms with Gasteiger partial charge >= 0.3 is 5.97 Å². The first-order chi connectivity index (χ1) is 8.11. The summed E-state index contributed by atoms with van der Waals surface area (Å²) in [6.07, 6.45) is 1.32. The van der Waals surface area contributed by atoms with Gasteiger partial charge in [0.1, 0.15) is 5.69 Å². The smallest absolute Gasteiger partial charge is 0.354 e. The summed E-state index contributed by atoms with van der Waals surface area (Å²) in [7, 11) is 0. The first kappa shape index (κ1) is 11.7. The third-order valence-electron chi connectivity index (χ3n) is 2.67. The number of carboxylic acids is 1. The van der Waals surface area contributed by atoms with E-state index in [-0.39, 0.29) is 11.7 Å². The lowest BCUT2D eigenvalue weighted by Gasteiger charge is -2.16. The number of imidazole rings is 1. The van der Waals surface area contributed by atoms with E-state index in [2.05, 4.69) is 17.6 Å². The van der Waals surface area contributed by atoms with Crippen molar-refractivity contribution in [3.63, 3.8) is 0 Å². The monoisotopic (exact) mass is 248 g/mol. The Bertz CT molecular complexity index is 537. The van der Waals surface area contributed by atoms with Crippen LogP contribution >= 0.6 is 12.6 Å². The van der Waals surface area contributed by atoms with Crippen molar-refractivity contribution in [3.05, 3.63) is 47.8 Å². The van der Waals surface area contributed by atoms with E-state index >= 15 is 0 Å². The molecule has 0 saturated carbocycles. The molecule has 0 saturated heterocycles. The highest BCUT2D eigenvalue weighted by Crippen LogP contribution is 2.23. The zero-order valence-corrected chi connectivity index (χ0v) is 10.1. The summed E-state index contributed by atoms with van der Waals surface area (Å²) in [6, 6.07) is 9.54. The van der Waals surface area contributed by atoms with Crippen molar-refractivity contribution in [2.24, 2.45) is 0 Å². The van der Waals surface area contributed by atoms with Gasteiger partial charge in [-0.15, -0.1) is 12.6 Å². The lowest BCUT2D eigenvalue weighted by molar-refractivity contribution is 0.0683. The molecule has 1 N–H and O–H groups in total. The van der Waals surface area contributed by atoms with Gasteiger partial charge in [-0.2, -0.15) is 0 Å². The molecule has 4 nitrogen and oxygen atoms in total. The van der Waals surface area contributed by atoms with E-state index in [1.807, 2.05) is 37.3 Å². The van der Waals surface area contributed by atoms with Gasteiger partial charge in [0.2, 0.25) is 0 Å². The van der Waals surface area contributed by atoms with Crippen molar-refractivity contribution in [1.29, 1.82) is 0 Å². The zero-order valence-electron chi connectivity index (χ0n) is 9.24. The zero-order chi connectivity index (χ0) is 12.4. The summed E-state index contributed by atoms with van der Waals surface area (Å²) >= 11 is 4.19. The Labute approximate surface area is 104 Å². The fraction of sp³-hybridized carbons (Fsp3) is 0.167. The molecule has 1 heterocycles. The highest BCUT2D eigenvalue weighted by molar-refractivity contribution is 7.80. The molecule has 1 atom stereocenters. The minimum Gasteiger partial charge on any atom is -0.477 e. The van der Waals surface area contributed by atoms with Crippen LogP contribution in [0.15, 0.2) is 41.7 Å². The average molecular weight is 248 g/mol. The first-order valence-electron chi connectivity index (χ1n) is 5.15. The number of aromatic carboxylic acids is 1. The van der Waals surface area contributed by atoms with E-state index in [1.54, 1.807) is 4.57 Å². The van der Waals surface area contributed by atoms with Crippen LogP contribution in [0.5, 0.6) is 0 Å². The average Bonchev–Trinajstić information content (AvgIpc) is 2.71. The van der Waals surface area contributed by atoms with Gasteiger partial charge in [-0.05, 0) is 12.5 Å². The lowest BCUT2D eigenvalue weighted by Crippen LogP contribution is -2.14. The molecule has 0 bridgehead atoms. The van der Waals surface area contributed by atoms with Gasteiger partial charge in [-0.25, -0.2) is 9.78 Å². The maximum absolute atomic E-state index is 11.1. The van der Waals surface area contributed by atoms with Gasteiger partial charge in [-0.3, -0.25) is 0 Å². The standard InChI is InChI=1S/C12H12N2O2S/c1-8(9-5-3-2-4-6-9)14-10(11(15)16)7-13-12(14)17/h2-8H,1H3,(H,13,17)(H,15,16)/t8-/m1/s1. The number of hydrogen-bond acceptors (Lipinski definition) is 3. The van der Waals surface area contributed by atoms with Gasteiger partial charge in [0.05, 0.1) is 12.2 Å². The van der Waals surface area contributed by atoms with Crippen molar-refractivity contribution in [2.45, 2.75) is 18.1 Å². The van der Waals surface area contributed by atoms with Crippen molar-refractivity contribution in [3.8, 4) is 0 Å². The highest BCUT2D eigenvalue weighted by atomic mass is 32.1. The quantitative estimate of drug-likeness (QED) is 0.820. The van der Waals surface area contributed by atoms with E-state index < -0.39 is 5.97 Å². The molecule has 88 valence electrons. The minimum absolute atomic E-state index is 0.114. The van der Waals surface area contributed by atoms with Crippen LogP contribution in [0, 0.1) is 0 Å². The fourth-order valence-electron chi connectivity index (χ4n) is 1.77. The largest absolute Gasteiger partial charge is 0.477 e. The Hall–Kier alpha value is -1.75. The Morgan fingerprint density at radius 1 is 1.41 bits per heavy atom. The molecule has 0 amide bonds. The molecular weight excluding hydrogens is 236 g/mol. The second-order valence-electron chi connectivity index (χ2n) is 3.71. The number of rotatable bonds is 3. The molecule has 0 aliphatic carbocycles. The molecular formula is C12H12N2O2S. The third-order valence-corrected chi connectivity index (χ3v) is 3.00. The highest BCUT2D eigenvalue weighted by Gasteiger charge is 2.19. The van der Waals surface area contributed by atoms with E-state index in [0.717, 1.165) is 5.56 Å². The van der Waals surface area contributed by atoms with Crippen LogP contribution in [-0.4, -0.2) is 20.6 Å². The SMILES string of the molecule is C[C@H](c1ccccc1)n1c(C(=O)O)cnc1S. The van der Waals surface area contributed by atoms with Crippen LogP contribution < -0.4 is 0 Å². The summed E-state index contributed by atoms with van der Waals surface area (Å²) in [5.74, 6) is -0.999. The van der Waals surface area contributed by atoms with Crippen LogP contribution in [0.1, 0.15) is 29.0 Å². The molecule has 17 heavy (non-hydrogen) atoms. The Kier molecular flexibility index (Phi) is 3.19. The number of nitrogens with zero attached hydrogens (tertiary/aromatic N) is 2. The van der Waals surface area contributed by atoms with Crippen molar-refractivity contribution >= 4 is 18.6 Å². The Morgan fingerprint density at radius 2 is 2.06 bits per heavy atom. The molecule has 2 aromatic rings. The molecule has 0 spiro atoms. The maximum atomic E-state index is 11.1. The number of aromatic nitrogens is 2. The summed E-state index contributed by atoms with van der Waals surface area (Å²) in [5.41, 5.74) is 1.16. The van der Waals surface area contributed by atoms with E-state index in [9.17, 15) is 4.79 Å². The van der Waals surface area contributed by atoms with Crippen molar-refractivity contribution < 1.29 is 9.90 Å². The maximum Gasteiger partial charge on any atom is 0.354 e. The number of thiol groups is 1. The third kappa shape index (κ3) is 2.19.